The Morgan fingerprint density at radius 2 is 2.14 bits per heavy atom. The molecular formula is C14H12ClF2NO2S. The van der Waals surface area contributed by atoms with Crippen LogP contribution in [-0.2, 0) is 4.79 Å². The lowest BCUT2D eigenvalue weighted by molar-refractivity contribution is -0.117. The number of thiophene rings is 1. The molecule has 1 heterocycles. The molecule has 0 spiro atoms. The van der Waals surface area contributed by atoms with Crippen LogP contribution in [0.1, 0.15) is 17.7 Å². The van der Waals surface area contributed by atoms with E-state index >= 15 is 0 Å². The van der Waals surface area contributed by atoms with Crippen LogP contribution in [0.2, 0.25) is 0 Å². The number of amides is 1. The second kappa shape index (κ2) is 6.41. The number of rotatable bonds is 5. The normalized spacial score (nSPS) is 12.8. The van der Waals surface area contributed by atoms with E-state index < -0.39 is 5.57 Å². The average molecular weight is 332 g/mol. The van der Waals surface area contributed by atoms with Crippen molar-refractivity contribution in [3.63, 3.8) is 0 Å². The molecule has 1 aromatic carbocycles. The number of ether oxygens (including phenoxy) is 1. The van der Waals surface area contributed by atoms with E-state index in [1.165, 1.54) is 29.5 Å². The number of alkyl halides is 3. The highest BCUT2D eigenvalue weighted by Gasteiger charge is 2.27. The van der Waals surface area contributed by atoms with Crippen molar-refractivity contribution in [2.75, 3.05) is 5.32 Å². The summed E-state index contributed by atoms with van der Waals surface area (Å²) in [6.07, 6.45) is 0. The average Bonchev–Trinajstić information content (AvgIpc) is 2.89. The summed E-state index contributed by atoms with van der Waals surface area (Å²) in [4.78, 5) is 13.0. The van der Waals surface area contributed by atoms with Crippen molar-refractivity contribution in [3.05, 3.63) is 46.7 Å². The zero-order chi connectivity index (χ0) is 15.5. The van der Waals surface area contributed by atoms with E-state index in [1.807, 2.05) is 17.5 Å². The predicted molar refractivity (Wildman–Crippen MR) is 79.2 cm³/mol. The van der Waals surface area contributed by atoms with Crippen molar-refractivity contribution in [1.82, 2.24) is 0 Å². The molecule has 0 saturated carbocycles. The first kappa shape index (κ1) is 15.7. The summed E-state index contributed by atoms with van der Waals surface area (Å²) >= 11 is 6.18. The molecule has 21 heavy (non-hydrogen) atoms. The fourth-order valence-corrected chi connectivity index (χ4v) is 2.56. The van der Waals surface area contributed by atoms with Gasteiger partial charge in [0, 0.05) is 28.2 Å². The Bertz CT molecular complexity index is 614. The Morgan fingerprint density at radius 1 is 1.38 bits per heavy atom. The molecule has 0 aliphatic rings. The molecule has 1 atom stereocenters. The zero-order valence-corrected chi connectivity index (χ0v) is 12.5. The van der Waals surface area contributed by atoms with Crippen molar-refractivity contribution in [3.8, 4) is 5.75 Å². The zero-order valence-electron chi connectivity index (χ0n) is 11.0. The SMILES string of the molecule is CC(C(=O)Nc1cccc(OC(F)(F)Cl)c1)c1cccs1. The van der Waals surface area contributed by atoms with Gasteiger partial charge in [-0.05, 0) is 30.5 Å². The maximum Gasteiger partial charge on any atom is 0.487 e. The van der Waals surface area contributed by atoms with E-state index in [0.29, 0.717) is 5.69 Å². The van der Waals surface area contributed by atoms with Crippen molar-refractivity contribution in [2.24, 2.45) is 0 Å². The van der Waals surface area contributed by atoms with Gasteiger partial charge in [-0.3, -0.25) is 4.79 Å². The minimum absolute atomic E-state index is 0.128. The molecule has 3 nitrogen and oxygen atoms in total. The molecule has 7 heteroatoms. The molecule has 1 unspecified atom stereocenters. The molecule has 1 amide bonds. The van der Waals surface area contributed by atoms with Crippen LogP contribution in [0.5, 0.6) is 5.75 Å². The number of benzene rings is 1. The van der Waals surface area contributed by atoms with Gasteiger partial charge in [-0.1, -0.05) is 12.1 Å². The summed E-state index contributed by atoms with van der Waals surface area (Å²) in [6, 6.07) is 9.41. The molecule has 0 aliphatic heterocycles. The smallest absolute Gasteiger partial charge is 0.420 e. The van der Waals surface area contributed by atoms with Crippen LogP contribution in [0.15, 0.2) is 41.8 Å². The maximum atomic E-state index is 12.6. The van der Waals surface area contributed by atoms with Gasteiger partial charge in [-0.25, -0.2) is 0 Å². The van der Waals surface area contributed by atoms with Gasteiger partial charge >= 0.3 is 5.57 Å². The lowest BCUT2D eigenvalue weighted by Gasteiger charge is -2.13. The monoisotopic (exact) mass is 331 g/mol. The van der Waals surface area contributed by atoms with E-state index in [1.54, 1.807) is 13.0 Å². The Balaban J connectivity index is 2.06. The molecule has 2 aromatic rings. The fraction of sp³-hybridized carbons (Fsp3) is 0.214. The topological polar surface area (TPSA) is 38.3 Å². The van der Waals surface area contributed by atoms with Gasteiger partial charge in [-0.15, -0.1) is 20.1 Å². The van der Waals surface area contributed by atoms with E-state index in [2.05, 4.69) is 10.1 Å². The Labute approximate surface area is 129 Å². The van der Waals surface area contributed by atoms with Crippen molar-refractivity contribution in [2.45, 2.75) is 18.4 Å². The van der Waals surface area contributed by atoms with Gasteiger partial charge in [0.1, 0.15) is 5.75 Å². The lowest BCUT2D eigenvalue weighted by atomic mass is 10.1. The van der Waals surface area contributed by atoms with Gasteiger partial charge in [0.2, 0.25) is 5.91 Å². The fourth-order valence-electron chi connectivity index (χ4n) is 1.69. The molecule has 2 rings (SSSR count). The lowest BCUT2D eigenvalue weighted by Crippen LogP contribution is -2.19. The largest absolute Gasteiger partial charge is 0.487 e. The highest BCUT2D eigenvalue weighted by molar-refractivity contribution is 7.10. The summed E-state index contributed by atoms with van der Waals surface area (Å²) in [5.41, 5.74) is -3.42. The summed E-state index contributed by atoms with van der Waals surface area (Å²) < 4.78 is 29.4. The molecule has 1 N–H and O–H groups in total. The van der Waals surface area contributed by atoms with Crippen molar-refractivity contribution < 1.29 is 18.3 Å². The Hall–Kier alpha value is -1.66. The van der Waals surface area contributed by atoms with Crippen LogP contribution >= 0.6 is 22.9 Å². The number of carbonyl (C=O) groups is 1. The molecule has 0 saturated heterocycles. The van der Waals surface area contributed by atoms with Crippen molar-refractivity contribution >= 4 is 34.5 Å². The first-order valence-corrected chi connectivity index (χ1v) is 7.31. The van der Waals surface area contributed by atoms with Crippen LogP contribution < -0.4 is 10.1 Å². The van der Waals surface area contributed by atoms with Gasteiger partial charge in [-0.2, -0.15) is 0 Å². The van der Waals surface area contributed by atoms with Gasteiger partial charge in [0.15, 0.2) is 0 Å². The number of halogens is 3. The van der Waals surface area contributed by atoms with Gasteiger partial charge < -0.3 is 10.1 Å². The first-order chi connectivity index (χ1) is 9.85. The first-order valence-electron chi connectivity index (χ1n) is 6.05. The second-order valence-corrected chi connectivity index (χ2v) is 5.72. The standard InChI is InChI=1S/C14H12ClF2NO2S/c1-9(12-6-3-7-21-12)13(19)18-10-4-2-5-11(8-10)20-14(15,16)17/h2-9H,1H3,(H,18,19). The van der Waals surface area contributed by atoms with Crippen LogP contribution in [0.25, 0.3) is 0 Å². The summed E-state index contributed by atoms with van der Waals surface area (Å²) in [5.74, 6) is -0.687. The molecule has 112 valence electrons. The van der Waals surface area contributed by atoms with Crippen LogP contribution in [0, 0.1) is 0 Å². The van der Waals surface area contributed by atoms with E-state index in [9.17, 15) is 13.6 Å². The number of hydrogen-bond acceptors (Lipinski definition) is 3. The molecular weight excluding hydrogens is 320 g/mol. The van der Waals surface area contributed by atoms with E-state index in [0.717, 1.165) is 4.88 Å². The third kappa shape index (κ3) is 4.68. The Morgan fingerprint density at radius 3 is 2.76 bits per heavy atom. The van der Waals surface area contributed by atoms with Gasteiger partial charge in [0.25, 0.3) is 0 Å². The quantitative estimate of drug-likeness (QED) is 0.809. The summed E-state index contributed by atoms with van der Waals surface area (Å²) in [7, 11) is 0. The van der Waals surface area contributed by atoms with Crippen LogP contribution in [0.3, 0.4) is 0 Å². The summed E-state index contributed by atoms with van der Waals surface area (Å²) in [6.45, 7) is 1.77. The van der Waals surface area contributed by atoms with E-state index in [-0.39, 0.29) is 17.6 Å². The number of nitrogens with one attached hydrogen (secondary N) is 1. The third-order valence-electron chi connectivity index (χ3n) is 2.70. The highest BCUT2D eigenvalue weighted by Crippen LogP contribution is 2.28. The van der Waals surface area contributed by atoms with Crippen molar-refractivity contribution in [1.29, 1.82) is 0 Å². The minimum atomic E-state index is -3.78. The number of carbonyl (C=O) groups excluding carboxylic acids is 1. The maximum absolute atomic E-state index is 12.6. The molecule has 0 aliphatic carbocycles. The third-order valence-corrected chi connectivity index (χ3v) is 3.83. The summed E-state index contributed by atoms with van der Waals surface area (Å²) in [5, 5.41) is 4.54. The molecule has 0 bridgehead atoms. The minimum Gasteiger partial charge on any atom is -0.420 e. The highest BCUT2D eigenvalue weighted by atomic mass is 35.5. The van der Waals surface area contributed by atoms with Crippen LogP contribution in [0.4, 0.5) is 14.5 Å². The number of hydrogen-bond donors (Lipinski definition) is 1. The molecule has 1 aromatic heterocycles. The predicted octanol–water partition coefficient (Wildman–Crippen LogP) is 4.66. The van der Waals surface area contributed by atoms with Gasteiger partial charge in [0.05, 0.1) is 5.92 Å². The molecule has 0 fully saturated rings. The Kier molecular flexibility index (Phi) is 4.80. The molecule has 0 radical (unpaired) electrons. The number of anilines is 1. The van der Waals surface area contributed by atoms with Crippen LogP contribution in [-0.4, -0.2) is 11.5 Å². The second-order valence-electron chi connectivity index (χ2n) is 4.30. The van der Waals surface area contributed by atoms with E-state index in [4.69, 9.17) is 11.6 Å².